The predicted molar refractivity (Wildman–Crippen MR) is 72.0 cm³/mol. The van der Waals surface area contributed by atoms with Gasteiger partial charge in [-0.1, -0.05) is 12.1 Å². The zero-order chi connectivity index (χ0) is 13.5. The van der Waals surface area contributed by atoms with Gasteiger partial charge < -0.3 is 14.8 Å². The number of rotatable bonds is 5. The number of ether oxygens (including phenoxy) is 2. The summed E-state index contributed by atoms with van der Waals surface area (Å²) in [5.41, 5.74) is 2.63. The number of hydrogen-bond acceptors (Lipinski definition) is 4. The van der Waals surface area contributed by atoms with E-state index < -0.39 is 0 Å². The molecule has 1 aromatic carbocycles. The van der Waals surface area contributed by atoms with Crippen molar-refractivity contribution in [1.29, 1.82) is 0 Å². The zero-order valence-corrected chi connectivity index (χ0v) is 11.2. The van der Waals surface area contributed by atoms with Crippen molar-refractivity contribution in [2.24, 2.45) is 0 Å². The van der Waals surface area contributed by atoms with Gasteiger partial charge in [-0.15, -0.1) is 0 Å². The molecular weight excluding hydrogens is 230 g/mol. The molecule has 0 aliphatic heterocycles. The number of benzene rings is 1. The third-order valence-electron chi connectivity index (χ3n) is 2.56. The van der Waals surface area contributed by atoms with Crippen LogP contribution in [0.4, 0.5) is 5.69 Å². The van der Waals surface area contributed by atoms with Crippen molar-refractivity contribution in [1.82, 2.24) is 0 Å². The monoisotopic (exact) mass is 249 g/mol. The molecule has 18 heavy (non-hydrogen) atoms. The highest BCUT2D eigenvalue weighted by molar-refractivity contribution is 5.87. The number of anilines is 1. The molecule has 1 rings (SSSR count). The Hall–Kier alpha value is -1.97. The first-order valence-corrected chi connectivity index (χ1v) is 5.72. The van der Waals surface area contributed by atoms with Gasteiger partial charge >= 0.3 is 5.97 Å². The van der Waals surface area contributed by atoms with E-state index in [4.69, 9.17) is 4.74 Å². The summed E-state index contributed by atoms with van der Waals surface area (Å²) < 4.78 is 9.87. The minimum atomic E-state index is -0.312. The molecule has 0 spiro atoms. The summed E-state index contributed by atoms with van der Waals surface area (Å²) in [6, 6.07) is 5.90. The highest BCUT2D eigenvalue weighted by Crippen LogP contribution is 2.24. The third kappa shape index (κ3) is 3.80. The molecule has 4 nitrogen and oxygen atoms in total. The molecule has 98 valence electrons. The lowest BCUT2D eigenvalue weighted by molar-refractivity contribution is -0.136. The number of carbonyl (C=O) groups excluding carboxylic acids is 1. The van der Waals surface area contributed by atoms with E-state index in [2.05, 4.69) is 10.1 Å². The average Bonchev–Trinajstić information content (AvgIpc) is 2.38. The summed E-state index contributed by atoms with van der Waals surface area (Å²) in [6.07, 6.45) is 1.79. The van der Waals surface area contributed by atoms with Crippen molar-refractivity contribution in [2.75, 3.05) is 26.1 Å². The second-order valence-corrected chi connectivity index (χ2v) is 3.96. The van der Waals surface area contributed by atoms with Crippen LogP contribution in [0.5, 0.6) is 5.75 Å². The number of methoxy groups -OCH3 is 2. The molecule has 0 aromatic heterocycles. The molecule has 0 unspecified atom stereocenters. The summed E-state index contributed by atoms with van der Waals surface area (Å²) in [5.74, 6) is 0.470. The van der Waals surface area contributed by atoms with Gasteiger partial charge in [-0.25, -0.2) is 4.79 Å². The minimum Gasteiger partial charge on any atom is -0.495 e. The Kier molecular flexibility index (Phi) is 5.24. The van der Waals surface area contributed by atoms with Gasteiger partial charge in [-0.2, -0.15) is 0 Å². The molecule has 0 saturated carbocycles. The summed E-state index contributed by atoms with van der Waals surface area (Å²) in [6.45, 7) is 4.28. The van der Waals surface area contributed by atoms with Gasteiger partial charge in [0.25, 0.3) is 0 Å². The first kappa shape index (κ1) is 14.1. The Labute approximate surface area is 108 Å². The normalized spacial score (nSPS) is 11.0. The van der Waals surface area contributed by atoms with Crippen LogP contribution in [-0.2, 0) is 9.53 Å². The molecule has 4 heteroatoms. The summed E-state index contributed by atoms with van der Waals surface area (Å²) in [5, 5.41) is 3.21. The van der Waals surface area contributed by atoms with Gasteiger partial charge in [0.15, 0.2) is 0 Å². The smallest absolute Gasteiger partial charge is 0.333 e. The van der Waals surface area contributed by atoms with Crippen LogP contribution in [0.2, 0.25) is 0 Å². The van der Waals surface area contributed by atoms with Crippen LogP contribution < -0.4 is 10.1 Å². The number of esters is 1. The fourth-order valence-electron chi connectivity index (χ4n) is 1.52. The van der Waals surface area contributed by atoms with Gasteiger partial charge in [0, 0.05) is 12.1 Å². The molecule has 0 atom stereocenters. The highest BCUT2D eigenvalue weighted by atomic mass is 16.5. The van der Waals surface area contributed by atoms with Gasteiger partial charge in [0.1, 0.15) is 5.75 Å². The second-order valence-electron chi connectivity index (χ2n) is 3.96. The van der Waals surface area contributed by atoms with E-state index in [1.165, 1.54) is 7.11 Å². The Morgan fingerprint density at radius 1 is 1.39 bits per heavy atom. The van der Waals surface area contributed by atoms with E-state index in [0.29, 0.717) is 12.1 Å². The van der Waals surface area contributed by atoms with Crippen molar-refractivity contribution in [3.8, 4) is 5.75 Å². The average molecular weight is 249 g/mol. The van der Waals surface area contributed by atoms with Crippen LogP contribution in [0.3, 0.4) is 0 Å². The summed E-state index contributed by atoms with van der Waals surface area (Å²) in [7, 11) is 3.00. The Bertz CT molecular complexity index is 452. The van der Waals surface area contributed by atoms with Crippen LogP contribution >= 0.6 is 0 Å². The maximum absolute atomic E-state index is 11.2. The minimum absolute atomic E-state index is 0.312. The second kappa shape index (κ2) is 6.69. The number of nitrogens with one attached hydrogen (secondary N) is 1. The lowest BCUT2D eigenvalue weighted by Crippen LogP contribution is -2.06. The van der Waals surface area contributed by atoms with Gasteiger partial charge in [-0.05, 0) is 31.5 Å². The number of hydrogen-bond donors (Lipinski definition) is 1. The summed E-state index contributed by atoms with van der Waals surface area (Å²) >= 11 is 0. The first-order chi connectivity index (χ1) is 8.58. The Morgan fingerprint density at radius 2 is 2.11 bits per heavy atom. The number of carbonyl (C=O) groups is 1. The van der Waals surface area contributed by atoms with Crippen molar-refractivity contribution in [2.45, 2.75) is 13.8 Å². The maximum atomic E-state index is 11.2. The highest BCUT2D eigenvalue weighted by Gasteiger charge is 2.03. The fourth-order valence-corrected chi connectivity index (χ4v) is 1.52. The SMILES string of the molecule is COC(=O)/C(C)=C/CNc1cc(C)ccc1OC. The van der Waals surface area contributed by atoms with Crippen molar-refractivity contribution >= 4 is 11.7 Å². The van der Waals surface area contributed by atoms with Crippen molar-refractivity contribution in [3.63, 3.8) is 0 Å². The van der Waals surface area contributed by atoms with E-state index in [1.54, 1.807) is 20.1 Å². The Morgan fingerprint density at radius 3 is 2.72 bits per heavy atom. The molecule has 0 aliphatic rings. The molecule has 0 radical (unpaired) electrons. The van der Waals surface area contributed by atoms with Gasteiger partial charge in [-0.3, -0.25) is 0 Å². The van der Waals surface area contributed by atoms with E-state index in [-0.39, 0.29) is 5.97 Å². The topological polar surface area (TPSA) is 47.6 Å². The molecule has 0 saturated heterocycles. The van der Waals surface area contributed by atoms with Gasteiger partial charge in [0.2, 0.25) is 0 Å². The molecule has 0 amide bonds. The van der Waals surface area contributed by atoms with Crippen LogP contribution in [0.15, 0.2) is 29.8 Å². The fraction of sp³-hybridized carbons (Fsp3) is 0.357. The largest absolute Gasteiger partial charge is 0.495 e. The van der Waals surface area contributed by atoms with Crippen LogP contribution in [-0.4, -0.2) is 26.7 Å². The molecular formula is C14H19NO3. The van der Waals surface area contributed by atoms with Crippen molar-refractivity contribution in [3.05, 3.63) is 35.4 Å². The molecule has 0 heterocycles. The van der Waals surface area contributed by atoms with E-state index in [9.17, 15) is 4.79 Å². The molecule has 0 fully saturated rings. The van der Waals surface area contributed by atoms with E-state index >= 15 is 0 Å². The molecule has 1 aromatic rings. The summed E-state index contributed by atoms with van der Waals surface area (Å²) in [4.78, 5) is 11.2. The van der Waals surface area contributed by atoms with E-state index in [1.807, 2.05) is 25.1 Å². The zero-order valence-electron chi connectivity index (χ0n) is 11.2. The molecule has 0 aliphatic carbocycles. The number of aryl methyl sites for hydroxylation is 1. The molecule has 0 bridgehead atoms. The van der Waals surface area contributed by atoms with Crippen molar-refractivity contribution < 1.29 is 14.3 Å². The Balaban J connectivity index is 2.69. The van der Waals surface area contributed by atoms with Crippen LogP contribution in [0.1, 0.15) is 12.5 Å². The quantitative estimate of drug-likeness (QED) is 0.643. The van der Waals surface area contributed by atoms with Gasteiger partial charge in [0.05, 0.1) is 19.9 Å². The van der Waals surface area contributed by atoms with E-state index in [0.717, 1.165) is 17.0 Å². The third-order valence-corrected chi connectivity index (χ3v) is 2.56. The molecule has 1 N–H and O–H groups in total. The lowest BCUT2D eigenvalue weighted by Gasteiger charge is -2.10. The standard InChI is InChI=1S/C14H19NO3/c1-10-5-6-13(17-3)12(9-10)15-8-7-11(2)14(16)18-4/h5-7,9,15H,8H2,1-4H3/b11-7+. The predicted octanol–water partition coefficient (Wildman–Crippen LogP) is 2.53. The lowest BCUT2D eigenvalue weighted by atomic mass is 10.2. The van der Waals surface area contributed by atoms with Crippen LogP contribution in [0, 0.1) is 6.92 Å². The van der Waals surface area contributed by atoms with Crippen LogP contribution in [0.25, 0.3) is 0 Å². The first-order valence-electron chi connectivity index (χ1n) is 5.72. The maximum Gasteiger partial charge on any atom is 0.333 e.